The molecule has 1 unspecified atom stereocenters. The Bertz CT molecular complexity index is 467. The lowest BCUT2D eigenvalue weighted by molar-refractivity contribution is 0.0934. The second-order valence-corrected chi connectivity index (χ2v) is 3.64. The minimum atomic E-state index is -0.115. The number of imidazole rings is 1. The number of nitrogens with zero attached hydrogens (tertiary/aromatic N) is 2. The van der Waals surface area contributed by atoms with Crippen molar-refractivity contribution in [1.29, 1.82) is 0 Å². The molecule has 0 radical (unpaired) electrons. The maximum absolute atomic E-state index is 11.9. The van der Waals surface area contributed by atoms with Crippen LogP contribution in [-0.2, 0) is 0 Å². The number of amides is 1. The van der Waals surface area contributed by atoms with Crippen LogP contribution in [0.2, 0.25) is 0 Å². The average molecular weight is 230 g/mol. The fourth-order valence-electron chi connectivity index (χ4n) is 1.58. The predicted octanol–water partition coefficient (Wildman–Crippen LogP) is 1.69. The molecule has 5 heteroatoms. The molecular weight excluding hydrogens is 216 g/mol. The van der Waals surface area contributed by atoms with Gasteiger partial charge in [0, 0.05) is 30.4 Å². The van der Waals surface area contributed by atoms with Crippen molar-refractivity contribution < 1.29 is 4.79 Å². The van der Waals surface area contributed by atoms with Crippen LogP contribution in [0, 0.1) is 0 Å². The lowest BCUT2D eigenvalue weighted by Crippen LogP contribution is -2.28. The molecule has 0 saturated heterocycles. The summed E-state index contributed by atoms with van der Waals surface area (Å²) < 4.78 is 0. The van der Waals surface area contributed by atoms with E-state index in [1.54, 1.807) is 36.9 Å². The van der Waals surface area contributed by atoms with E-state index in [2.05, 4.69) is 20.3 Å². The zero-order valence-electron chi connectivity index (χ0n) is 9.55. The molecule has 0 fully saturated rings. The number of hydrogen-bond donors (Lipinski definition) is 2. The van der Waals surface area contributed by atoms with Crippen LogP contribution in [0.15, 0.2) is 36.9 Å². The summed E-state index contributed by atoms with van der Waals surface area (Å²) in [5.41, 5.74) is 0.602. The van der Waals surface area contributed by atoms with Gasteiger partial charge < -0.3 is 10.3 Å². The van der Waals surface area contributed by atoms with E-state index in [-0.39, 0.29) is 11.9 Å². The van der Waals surface area contributed by atoms with Crippen molar-refractivity contribution in [2.45, 2.75) is 19.4 Å². The topological polar surface area (TPSA) is 70.7 Å². The highest BCUT2D eigenvalue weighted by Crippen LogP contribution is 2.12. The SMILES string of the molecule is CCC(NC(=O)c1ccncc1)c1ncc[nH]1. The first-order valence-corrected chi connectivity index (χ1v) is 5.51. The third-order valence-corrected chi connectivity index (χ3v) is 2.51. The molecule has 2 aromatic rings. The zero-order chi connectivity index (χ0) is 12.1. The minimum Gasteiger partial charge on any atom is -0.347 e. The maximum Gasteiger partial charge on any atom is 0.251 e. The zero-order valence-corrected chi connectivity index (χ0v) is 9.55. The maximum atomic E-state index is 11.9. The molecule has 0 bridgehead atoms. The number of rotatable bonds is 4. The van der Waals surface area contributed by atoms with Gasteiger partial charge in [-0.2, -0.15) is 0 Å². The third kappa shape index (κ3) is 2.69. The first-order valence-electron chi connectivity index (χ1n) is 5.51. The van der Waals surface area contributed by atoms with E-state index in [0.29, 0.717) is 5.56 Å². The molecule has 5 nitrogen and oxygen atoms in total. The lowest BCUT2D eigenvalue weighted by atomic mass is 10.2. The molecule has 0 saturated carbocycles. The van der Waals surface area contributed by atoms with Gasteiger partial charge in [-0.05, 0) is 18.6 Å². The van der Waals surface area contributed by atoms with E-state index in [9.17, 15) is 4.79 Å². The Labute approximate surface area is 99.3 Å². The van der Waals surface area contributed by atoms with Gasteiger partial charge in [0.15, 0.2) is 0 Å². The number of pyridine rings is 1. The van der Waals surface area contributed by atoms with Gasteiger partial charge in [0.05, 0.1) is 6.04 Å². The Morgan fingerprint density at radius 2 is 2.18 bits per heavy atom. The van der Waals surface area contributed by atoms with Crippen molar-refractivity contribution >= 4 is 5.91 Å². The fourth-order valence-corrected chi connectivity index (χ4v) is 1.58. The largest absolute Gasteiger partial charge is 0.347 e. The van der Waals surface area contributed by atoms with Crippen LogP contribution in [0.1, 0.15) is 35.6 Å². The summed E-state index contributed by atoms with van der Waals surface area (Å²) in [6.07, 6.45) is 7.41. The average Bonchev–Trinajstić information content (AvgIpc) is 2.90. The van der Waals surface area contributed by atoms with E-state index in [1.165, 1.54) is 0 Å². The van der Waals surface area contributed by atoms with Crippen LogP contribution in [0.3, 0.4) is 0 Å². The van der Waals surface area contributed by atoms with E-state index >= 15 is 0 Å². The van der Waals surface area contributed by atoms with Gasteiger partial charge in [0.2, 0.25) is 0 Å². The Morgan fingerprint density at radius 1 is 1.41 bits per heavy atom. The second-order valence-electron chi connectivity index (χ2n) is 3.64. The number of carbonyl (C=O) groups is 1. The van der Waals surface area contributed by atoms with E-state index < -0.39 is 0 Å². The van der Waals surface area contributed by atoms with Gasteiger partial charge >= 0.3 is 0 Å². The van der Waals surface area contributed by atoms with Gasteiger partial charge in [0.25, 0.3) is 5.91 Å². The summed E-state index contributed by atoms with van der Waals surface area (Å²) in [7, 11) is 0. The number of hydrogen-bond acceptors (Lipinski definition) is 3. The number of aromatic nitrogens is 3. The van der Waals surface area contributed by atoms with Gasteiger partial charge in [-0.3, -0.25) is 9.78 Å². The summed E-state index contributed by atoms with van der Waals surface area (Å²) >= 11 is 0. The summed E-state index contributed by atoms with van der Waals surface area (Å²) in [5.74, 6) is 0.658. The van der Waals surface area contributed by atoms with Gasteiger partial charge in [-0.25, -0.2) is 4.98 Å². The molecule has 2 heterocycles. The Kier molecular flexibility index (Phi) is 3.49. The second kappa shape index (κ2) is 5.25. The normalized spacial score (nSPS) is 12.1. The van der Waals surface area contributed by atoms with Gasteiger partial charge in [-0.15, -0.1) is 0 Å². The van der Waals surface area contributed by atoms with E-state index in [0.717, 1.165) is 12.2 Å². The molecule has 1 atom stereocenters. The molecule has 0 aliphatic carbocycles. The fraction of sp³-hybridized carbons (Fsp3) is 0.250. The van der Waals surface area contributed by atoms with Crippen molar-refractivity contribution in [2.24, 2.45) is 0 Å². The Hall–Kier alpha value is -2.17. The Morgan fingerprint density at radius 3 is 2.76 bits per heavy atom. The molecule has 2 aromatic heterocycles. The molecule has 0 aliphatic rings. The summed E-state index contributed by atoms with van der Waals surface area (Å²) in [6, 6.07) is 3.28. The third-order valence-electron chi connectivity index (χ3n) is 2.51. The standard InChI is InChI=1S/C12H14N4O/c1-2-10(11-14-7-8-15-11)16-12(17)9-3-5-13-6-4-9/h3-8,10H,2H2,1H3,(H,14,15)(H,16,17). The first kappa shape index (κ1) is 11.3. The van der Waals surface area contributed by atoms with Crippen LogP contribution in [0.4, 0.5) is 0 Å². The van der Waals surface area contributed by atoms with Crippen molar-refractivity contribution in [3.05, 3.63) is 48.3 Å². The quantitative estimate of drug-likeness (QED) is 0.839. The van der Waals surface area contributed by atoms with Gasteiger partial charge in [0.1, 0.15) is 5.82 Å². The highest BCUT2D eigenvalue weighted by Gasteiger charge is 2.15. The molecule has 0 aromatic carbocycles. The summed E-state index contributed by atoms with van der Waals surface area (Å²) in [5, 5.41) is 2.92. The molecule has 0 aliphatic heterocycles. The van der Waals surface area contributed by atoms with Crippen LogP contribution in [0.25, 0.3) is 0 Å². The number of aromatic amines is 1. The molecule has 0 spiro atoms. The monoisotopic (exact) mass is 230 g/mol. The van der Waals surface area contributed by atoms with Crippen LogP contribution in [0.5, 0.6) is 0 Å². The molecule has 88 valence electrons. The Balaban J connectivity index is 2.08. The molecule has 1 amide bonds. The van der Waals surface area contributed by atoms with Crippen molar-refractivity contribution in [3.63, 3.8) is 0 Å². The van der Waals surface area contributed by atoms with Crippen LogP contribution in [-0.4, -0.2) is 20.9 Å². The van der Waals surface area contributed by atoms with Crippen molar-refractivity contribution in [2.75, 3.05) is 0 Å². The number of carbonyl (C=O) groups excluding carboxylic acids is 1. The highest BCUT2D eigenvalue weighted by atomic mass is 16.1. The molecule has 2 rings (SSSR count). The molecule has 2 N–H and O–H groups in total. The predicted molar refractivity (Wildman–Crippen MR) is 63.3 cm³/mol. The minimum absolute atomic E-state index is 0.0920. The smallest absolute Gasteiger partial charge is 0.251 e. The van der Waals surface area contributed by atoms with Crippen molar-refractivity contribution in [3.8, 4) is 0 Å². The number of nitrogens with one attached hydrogen (secondary N) is 2. The first-order chi connectivity index (χ1) is 8.31. The summed E-state index contributed by atoms with van der Waals surface area (Å²) in [4.78, 5) is 23.0. The van der Waals surface area contributed by atoms with E-state index in [4.69, 9.17) is 0 Å². The molecule has 17 heavy (non-hydrogen) atoms. The van der Waals surface area contributed by atoms with Crippen LogP contribution < -0.4 is 5.32 Å². The number of H-pyrrole nitrogens is 1. The van der Waals surface area contributed by atoms with Crippen molar-refractivity contribution in [1.82, 2.24) is 20.3 Å². The van der Waals surface area contributed by atoms with Crippen LogP contribution >= 0.6 is 0 Å². The highest BCUT2D eigenvalue weighted by molar-refractivity contribution is 5.94. The van der Waals surface area contributed by atoms with Gasteiger partial charge in [-0.1, -0.05) is 6.92 Å². The lowest BCUT2D eigenvalue weighted by Gasteiger charge is -2.14. The summed E-state index contributed by atoms with van der Waals surface area (Å²) in [6.45, 7) is 2.00. The molecular formula is C12H14N4O. The van der Waals surface area contributed by atoms with E-state index in [1.807, 2.05) is 6.92 Å².